The van der Waals surface area contributed by atoms with E-state index in [1.165, 1.54) is 16.7 Å². The number of aryl methyl sites for hydroxylation is 3. The van der Waals surface area contributed by atoms with E-state index in [2.05, 4.69) is 32.0 Å². The molecule has 1 aromatic rings. The quantitative estimate of drug-likeness (QED) is 0.775. The maximum Gasteiger partial charge on any atom is 0.0641 e. The van der Waals surface area contributed by atoms with E-state index in [9.17, 15) is 0 Å². The van der Waals surface area contributed by atoms with E-state index in [4.69, 9.17) is 11.0 Å². The molecule has 2 nitrogen and oxygen atoms in total. The molecular formula is C12H16N2. The molecule has 14 heavy (non-hydrogen) atoms. The smallest absolute Gasteiger partial charge is 0.0641 e. The van der Waals surface area contributed by atoms with Crippen LogP contribution < -0.4 is 5.73 Å². The summed E-state index contributed by atoms with van der Waals surface area (Å²) in [7, 11) is 0. The lowest BCUT2D eigenvalue weighted by Crippen LogP contribution is -2.11. The van der Waals surface area contributed by atoms with Crippen LogP contribution in [-0.2, 0) is 0 Å². The summed E-state index contributed by atoms with van der Waals surface area (Å²) in [5.74, 6) is 0. The molecule has 1 aromatic carbocycles. The molecule has 1 rings (SSSR count). The first-order valence-electron chi connectivity index (χ1n) is 4.76. The Bertz CT molecular complexity index is 375. The molecule has 74 valence electrons. The van der Waals surface area contributed by atoms with Gasteiger partial charge in [0.1, 0.15) is 0 Å². The summed E-state index contributed by atoms with van der Waals surface area (Å²) in [6.07, 6.45) is 0.378. The van der Waals surface area contributed by atoms with E-state index >= 15 is 0 Å². The van der Waals surface area contributed by atoms with Crippen LogP contribution in [0.5, 0.6) is 0 Å². The van der Waals surface area contributed by atoms with Crippen molar-refractivity contribution < 1.29 is 0 Å². The Morgan fingerprint density at radius 1 is 1.21 bits per heavy atom. The van der Waals surface area contributed by atoms with Crippen molar-refractivity contribution in [1.29, 1.82) is 5.26 Å². The van der Waals surface area contributed by atoms with Crippen LogP contribution in [-0.4, -0.2) is 0 Å². The second-order valence-corrected chi connectivity index (χ2v) is 3.76. The number of hydrogen-bond acceptors (Lipinski definition) is 2. The van der Waals surface area contributed by atoms with Crippen LogP contribution >= 0.6 is 0 Å². The van der Waals surface area contributed by atoms with Gasteiger partial charge >= 0.3 is 0 Å². The van der Waals surface area contributed by atoms with Crippen molar-refractivity contribution in [1.82, 2.24) is 0 Å². The number of nitriles is 1. The summed E-state index contributed by atoms with van der Waals surface area (Å²) in [6, 6.07) is 6.17. The zero-order chi connectivity index (χ0) is 10.7. The minimum absolute atomic E-state index is 0.153. The van der Waals surface area contributed by atoms with Gasteiger partial charge in [0.05, 0.1) is 12.5 Å². The highest BCUT2D eigenvalue weighted by molar-refractivity contribution is 5.38. The number of nitrogens with zero attached hydrogens (tertiary/aromatic N) is 1. The number of nitrogens with two attached hydrogens (primary N) is 1. The normalized spacial score (nSPS) is 12.2. The summed E-state index contributed by atoms with van der Waals surface area (Å²) in [5.41, 5.74) is 10.7. The molecular weight excluding hydrogens is 172 g/mol. The third-order valence-electron chi connectivity index (χ3n) is 2.59. The lowest BCUT2D eigenvalue weighted by atomic mass is 9.95. The lowest BCUT2D eigenvalue weighted by molar-refractivity contribution is 0.741. The van der Waals surface area contributed by atoms with Gasteiger partial charge in [-0.15, -0.1) is 0 Å². The molecule has 0 fully saturated rings. The maximum atomic E-state index is 8.58. The molecule has 1 atom stereocenters. The van der Waals surface area contributed by atoms with Gasteiger partial charge in [0.15, 0.2) is 0 Å². The molecule has 0 unspecified atom stereocenters. The fourth-order valence-corrected chi connectivity index (χ4v) is 1.59. The summed E-state index contributed by atoms with van der Waals surface area (Å²) >= 11 is 0. The first-order valence-corrected chi connectivity index (χ1v) is 4.76. The zero-order valence-electron chi connectivity index (χ0n) is 8.96. The van der Waals surface area contributed by atoms with Crippen LogP contribution in [0.1, 0.15) is 34.7 Å². The van der Waals surface area contributed by atoms with Gasteiger partial charge in [0.2, 0.25) is 0 Å². The summed E-state index contributed by atoms with van der Waals surface area (Å²) in [4.78, 5) is 0. The first kappa shape index (κ1) is 10.7. The molecule has 0 heterocycles. The average molecular weight is 188 g/mol. The predicted molar refractivity (Wildman–Crippen MR) is 57.8 cm³/mol. The van der Waals surface area contributed by atoms with Crippen LogP contribution in [0.4, 0.5) is 0 Å². The van der Waals surface area contributed by atoms with Crippen LogP contribution in [0.3, 0.4) is 0 Å². The monoisotopic (exact) mass is 188 g/mol. The van der Waals surface area contributed by atoms with Crippen LogP contribution in [0.2, 0.25) is 0 Å². The van der Waals surface area contributed by atoms with Gasteiger partial charge in [-0.1, -0.05) is 12.1 Å². The summed E-state index contributed by atoms with van der Waals surface area (Å²) in [6.45, 7) is 6.19. The Morgan fingerprint density at radius 3 is 2.36 bits per heavy atom. The molecule has 0 aliphatic heterocycles. The molecule has 0 aromatic heterocycles. The lowest BCUT2D eigenvalue weighted by Gasteiger charge is -2.14. The van der Waals surface area contributed by atoms with E-state index in [-0.39, 0.29) is 6.04 Å². The SMILES string of the molecule is Cc1cc(C)c([C@H](N)CC#N)cc1C. The van der Waals surface area contributed by atoms with Crippen molar-refractivity contribution in [3.63, 3.8) is 0 Å². The van der Waals surface area contributed by atoms with E-state index in [0.29, 0.717) is 6.42 Å². The highest BCUT2D eigenvalue weighted by Crippen LogP contribution is 2.21. The third-order valence-corrected chi connectivity index (χ3v) is 2.59. The van der Waals surface area contributed by atoms with Crippen molar-refractivity contribution in [2.75, 3.05) is 0 Å². The Hall–Kier alpha value is -1.33. The fraction of sp³-hybridized carbons (Fsp3) is 0.417. The Morgan fingerprint density at radius 2 is 1.79 bits per heavy atom. The van der Waals surface area contributed by atoms with Crippen molar-refractivity contribution in [2.45, 2.75) is 33.2 Å². The number of hydrogen-bond donors (Lipinski definition) is 1. The summed E-state index contributed by atoms with van der Waals surface area (Å²) in [5, 5.41) is 8.58. The van der Waals surface area contributed by atoms with Crippen LogP contribution in [0, 0.1) is 32.1 Å². The minimum Gasteiger partial charge on any atom is -0.323 e. The Labute approximate surface area is 85.4 Å². The topological polar surface area (TPSA) is 49.8 Å². The van der Waals surface area contributed by atoms with Gasteiger partial charge in [-0.3, -0.25) is 0 Å². The standard InChI is InChI=1S/C12H16N2/c1-8-6-10(3)11(7-9(8)2)12(14)4-5-13/h6-7,12H,4,14H2,1-3H3/t12-/m1/s1. The third kappa shape index (κ3) is 2.12. The van der Waals surface area contributed by atoms with Crippen LogP contribution in [0.25, 0.3) is 0 Å². The van der Waals surface area contributed by atoms with E-state index in [0.717, 1.165) is 5.56 Å². The Balaban J connectivity index is 3.10. The second-order valence-electron chi connectivity index (χ2n) is 3.76. The average Bonchev–Trinajstić information content (AvgIpc) is 2.11. The predicted octanol–water partition coefficient (Wildman–Crippen LogP) is 2.53. The van der Waals surface area contributed by atoms with Crippen LogP contribution in [0.15, 0.2) is 12.1 Å². The van der Waals surface area contributed by atoms with Gasteiger partial charge in [-0.2, -0.15) is 5.26 Å². The van der Waals surface area contributed by atoms with Gasteiger partial charge in [0, 0.05) is 6.04 Å². The fourth-order valence-electron chi connectivity index (χ4n) is 1.59. The highest BCUT2D eigenvalue weighted by Gasteiger charge is 2.09. The van der Waals surface area contributed by atoms with Crippen molar-refractivity contribution >= 4 is 0 Å². The zero-order valence-corrected chi connectivity index (χ0v) is 8.96. The molecule has 0 aliphatic rings. The van der Waals surface area contributed by atoms with E-state index in [1.54, 1.807) is 0 Å². The van der Waals surface area contributed by atoms with E-state index in [1.807, 2.05) is 6.92 Å². The van der Waals surface area contributed by atoms with E-state index < -0.39 is 0 Å². The highest BCUT2D eigenvalue weighted by atomic mass is 14.6. The van der Waals surface area contributed by atoms with Gasteiger partial charge in [-0.05, 0) is 43.0 Å². The largest absolute Gasteiger partial charge is 0.323 e. The van der Waals surface area contributed by atoms with Gasteiger partial charge < -0.3 is 5.73 Å². The number of rotatable bonds is 2. The molecule has 0 saturated heterocycles. The molecule has 2 heteroatoms. The van der Waals surface area contributed by atoms with Crippen molar-refractivity contribution in [3.05, 3.63) is 34.4 Å². The Kier molecular flexibility index (Phi) is 3.27. The maximum absolute atomic E-state index is 8.58. The molecule has 0 saturated carbocycles. The second kappa shape index (κ2) is 4.26. The first-order chi connectivity index (χ1) is 6.56. The molecule has 0 amide bonds. The minimum atomic E-state index is -0.153. The molecule has 0 radical (unpaired) electrons. The van der Waals surface area contributed by atoms with Crippen molar-refractivity contribution in [3.8, 4) is 6.07 Å². The molecule has 0 bridgehead atoms. The number of benzene rings is 1. The van der Waals surface area contributed by atoms with Crippen molar-refractivity contribution in [2.24, 2.45) is 5.73 Å². The van der Waals surface area contributed by atoms with Gasteiger partial charge in [-0.25, -0.2) is 0 Å². The molecule has 0 spiro atoms. The van der Waals surface area contributed by atoms with Gasteiger partial charge in [0.25, 0.3) is 0 Å². The molecule has 2 N–H and O–H groups in total. The molecule has 0 aliphatic carbocycles. The summed E-state index contributed by atoms with van der Waals surface area (Å²) < 4.78 is 0.